The number of rotatable bonds is 0. The molecule has 0 heterocycles. The highest BCUT2D eigenvalue weighted by molar-refractivity contribution is 7.84. The number of allylic oxidation sites excluding steroid dienone is 2. The zero-order chi connectivity index (χ0) is 5.98. The van der Waals surface area contributed by atoms with Crippen LogP contribution in [-0.4, -0.2) is 0 Å². The van der Waals surface area contributed by atoms with Crippen molar-refractivity contribution in [1.82, 2.24) is 0 Å². The summed E-state index contributed by atoms with van der Waals surface area (Å²) in [6, 6.07) is 0. The maximum atomic E-state index is 5.58. The minimum absolute atomic E-state index is 1.000. The van der Waals surface area contributed by atoms with Crippen LogP contribution in [-0.2, 0) is 0 Å². The first kappa shape index (κ1) is 6.02. The number of nitrogens with two attached hydrogens (primary N) is 1. The van der Waals surface area contributed by atoms with Crippen LogP contribution in [0.1, 0.15) is 25.7 Å². The fourth-order valence-corrected chi connectivity index (χ4v) is 1.18. The summed E-state index contributed by atoms with van der Waals surface area (Å²) in [6.45, 7) is 0. The second kappa shape index (κ2) is 2.44. The highest BCUT2D eigenvalue weighted by atomic mass is 32.1. The fraction of sp³-hybridized carbons (Fsp3) is 0.667. The summed E-state index contributed by atoms with van der Waals surface area (Å²) in [5.41, 5.74) is 6.58. The monoisotopic (exact) mass is 129 g/mol. The second-order valence-electron chi connectivity index (χ2n) is 2.18. The highest BCUT2D eigenvalue weighted by Crippen LogP contribution is 2.23. The summed E-state index contributed by atoms with van der Waals surface area (Å²) >= 11 is 4.21. The first-order valence-electron chi connectivity index (χ1n) is 2.97. The first-order chi connectivity index (χ1) is 3.80. The molecule has 0 saturated carbocycles. The lowest BCUT2D eigenvalue weighted by atomic mass is 10.1. The molecule has 1 aliphatic rings. The normalized spacial score (nSPS) is 21.6. The minimum atomic E-state index is 1.000. The highest BCUT2D eigenvalue weighted by Gasteiger charge is 2.04. The van der Waals surface area contributed by atoms with E-state index in [4.69, 9.17) is 5.73 Å². The van der Waals surface area contributed by atoms with Crippen LogP contribution in [0.4, 0.5) is 0 Å². The average Bonchev–Trinajstić information content (AvgIpc) is 1.77. The summed E-state index contributed by atoms with van der Waals surface area (Å²) in [7, 11) is 0. The average molecular weight is 129 g/mol. The molecule has 1 rings (SSSR count). The van der Waals surface area contributed by atoms with Gasteiger partial charge >= 0.3 is 0 Å². The Bertz CT molecular complexity index is 104. The largest absolute Gasteiger partial charge is 0.401 e. The van der Waals surface area contributed by atoms with Crippen molar-refractivity contribution in [3.8, 4) is 0 Å². The Morgan fingerprint density at radius 2 is 1.88 bits per heavy atom. The molecule has 0 aromatic rings. The van der Waals surface area contributed by atoms with Crippen LogP contribution in [0.2, 0.25) is 0 Å². The van der Waals surface area contributed by atoms with Gasteiger partial charge in [0.2, 0.25) is 0 Å². The van der Waals surface area contributed by atoms with Crippen LogP contribution in [0.3, 0.4) is 0 Å². The van der Waals surface area contributed by atoms with E-state index in [0.717, 1.165) is 23.4 Å². The summed E-state index contributed by atoms with van der Waals surface area (Å²) < 4.78 is 0. The smallest absolute Gasteiger partial charge is 0.0174 e. The molecule has 0 fully saturated rings. The molecule has 1 aliphatic carbocycles. The van der Waals surface area contributed by atoms with Gasteiger partial charge < -0.3 is 5.73 Å². The van der Waals surface area contributed by atoms with Crippen LogP contribution >= 0.6 is 12.6 Å². The van der Waals surface area contributed by atoms with Gasteiger partial charge in [-0.1, -0.05) is 0 Å². The van der Waals surface area contributed by atoms with E-state index in [-0.39, 0.29) is 0 Å². The van der Waals surface area contributed by atoms with E-state index in [1.54, 1.807) is 0 Å². The van der Waals surface area contributed by atoms with E-state index in [1.807, 2.05) is 0 Å². The van der Waals surface area contributed by atoms with E-state index in [2.05, 4.69) is 12.6 Å². The zero-order valence-corrected chi connectivity index (χ0v) is 5.75. The number of hydrogen-bond donors (Lipinski definition) is 2. The number of hydrogen-bond acceptors (Lipinski definition) is 2. The standard InChI is InChI=1S/C6H11NS/c7-5-3-1-2-4-6(5)8/h8H,1-4,7H2. The van der Waals surface area contributed by atoms with Gasteiger partial charge in [-0.05, 0) is 25.7 Å². The summed E-state index contributed by atoms with van der Waals surface area (Å²) in [5, 5.41) is 0. The Kier molecular flexibility index (Phi) is 1.84. The molecule has 0 aromatic carbocycles. The fourth-order valence-electron chi connectivity index (χ4n) is 0.913. The van der Waals surface area contributed by atoms with E-state index in [9.17, 15) is 0 Å². The van der Waals surface area contributed by atoms with Gasteiger partial charge in [-0.3, -0.25) is 0 Å². The van der Waals surface area contributed by atoms with Gasteiger partial charge in [0.25, 0.3) is 0 Å². The SMILES string of the molecule is NC1=C(S)CCCC1. The summed E-state index contributed by atoms with van der Waals surface area (Å²) in [4.78, 5) is 1.11. The predicted molar refractivity (Wildman–Crippen MR) is 38.7 cm³/mol. The van der Waals surface area contributed by atoms with E-state index in [0.29, 0.717) is 0 Å². The third kappa shape index (κ3) is 1.19. The van der Waals surface area contributed by atoms with Gasteiger partial charge in [0.15, 0.2) is 0 Å². The Morgan fingerprint density at radius 3 is 2.25 bits per heavy atom. The molecule has 0 radical (unpaired) electrons. The van der Waals surface area contributed by atoms with Crippen molar-refractivity contribution < 1.29 is 0 Å². The van der Waals surface area contributed by atoms with Gasteiger partial charge in [0, 0.05) is 10.6 Å². The van der Waals surface area contributed by atoms with E-state index >= 15 is 0 Å². The topological polar surface area (TPSA) is 26.0 Å². The van der Waals surface area contributed by atoms with Crippen molar-refractivity contribution in [3.05, 3.63) is 10.6 Å². The molecule has 0 saturated heterocycles. The van der Waals surface area contributed by atoms with Gasteiger partial charge in [-0.15, -0.1) is 12.6 Å². The lowest BCUT2D eigenvalue weighted by Crippen LogP contribution is -2.03. The third-order valence-electron chi connectivity index (χ3n) is 1.48. The molecule has 0 bridgehead atoms. The predicted octanol–water partition coefficient (Wildman–Crippen LogP) is 1.66. The van der Waals surface area contributed by atoms with Crippen molar-refractivity contribution >= 4 is 12.6 Å². The molecule has 0 amide bonds. The van der Waals surface area contributed by atoms with Crippen molar-refractivity contribution in [2.75, 3.05) is 0 Å². The second-order valence-corrected chi connectivity index (χ2v) is 2.72. The molecule has 8 heavy (non-hydrogen) atoms. The zero-order valence-electron chi connectivity index (χ0n) is 4.85. The maximum Gasteiger partial charge on any atom is 0.0174 e. The molecule has 1 nitrogen and oxygen atoms in total. The molecule has 0 aliphatic heterocycles. The van der Waals surface area contributed by atoms with Gasteiger partial charge in [-0.25, -0.2) is 0 Å². The van der Waals surface area contributed by atoms with Crippen LogP contribution in [0.15, 0.2) is 10.6 Å². The maximum absolute atomic E-state index is 5.58. The van der Waals surface area contributed by atoms with Crippen molar-refractivity contribution in [1.29, 1.82) is 0 Å². The Balaban J connectivity index is 2.60. The van der Waals surface area contributed by atoms with E-state index < -0.39 is 0 Å². The molecule has 2 N–H and O–H groups in total. The molecular formula is C6H11NS. The van der Waals surface area contributed by atoms with E-state index in [1.165, 1.54) is 12.8 Å². The molecular weight excluding hydrogens is 118 g/mol. The van der Waals surface area contributed by atoms with Gasteiger partial charge in [-0.2, -0.15) is 0 Å². The summed E-state index contributed by atoms with van der Waals surface area (Å²) in [6.07, 6.45) is 4.66. The lowest BCUT2D eigenvalue weighted by molar-refractivity contribution is 0.689. The molecule has 0 atom stereocenters. The van der Waals surface area contributed by atoms with Crippen LogP contribution in [0.5, 0.6) is 0 Å². The van der Waals surface area contributed by atoms with Crippen LogP contribution < -0.4 is 5.73 Å². The third-order valence-corrected chi connectivity index (χ3v) is 1.99. The van der Waals surface area contributed by atoms with Crippen LogP contribution in [0, 0.1) is 0 Å². The Hall–Kier alpha value is -0.110. The van der Waals surface area contributed by atoms with Crippen molar-refractivity contribution in [3.63, 3.8) is 0 Å². The first-order valence-corrected chi connectivity index (χ1v) is 3.42. The molecule has 0 aromatic heterocycles. The Labute approximate surface area is 55.4 Å². The van der Waals surface area contributed by atoms with Gasteiger partial charge in [0.1, 0.15) is 0 Å². The Morgan fingerprint density at radius 1 is 1.25 bits per heavy atom. The van der Waals surface area contributed by atoms with Gasteiger partial charge in [0.05, 0.1) is 0 Å². The summed E-state index contributed by atoms with van der Waals surface area (Å²) in [5.74, 6) is 0. The van der Waals surface area contributed by atoms with Crippen molar-refractivity contribution in [2.24, 2.45) is 5.73 Å². The molecule has 2 heteroatoms. The van der Waals surface area contributed by atoms with Crippen LogP contribution in [0.25, 0.3) is 0 Å². The lowest BCUT2D eigenvalue weighted by Gasteiger charge is -2.11. The number of thiol groups is 1. The molecule has 0 unspecified atom stereocenters. The quantitative estimate of drug-likeness (QED) is 0.478. The molecule has 0 spiro atoms. The minimum Gasteiger partial charge on any atom is -0.401 e. The van der Waals surface area contributed by atoms with Crippen molar-refractivity contribution in [2.45, 2.75) is 25.7 Å². The molecule has 46 valence electrons.